The number of hydrogen-bond donors (Lipinski definition) is 1. The molecule has 0 heterocycles. The number of amides is 1. The number of benzene rings is 2. The summed E-state index contributed by atoms with van der Waals surface area (Å²) >= 11 is 3.33. The Morgan fingerprint density at radius 3 is 2.88 bits per heavy atom. The molecule has 0 bridgehead atoms. The van der Waals surface area contributed by atoms with Crippen LogP contribution in [0.4, 0.5) is 0 Å². The first-order chi connectivity index (χ1) is 11.7. The Balaban J connectivity index is 2.11. The van der Waals surface area contributed by atoms with Crippen molar-refractivity contribution in [2.45, 2.75) is 0 Å². The summed E-state index contributed by atoms with van der Waals surface area (Å²) in [6.45, 7) is 0.159. The molecule has 122 valence electrons. The third-order valence-electron chi connectivity index (χ3n) is 3.01. The van der Waals surface area contributed by atoms with Gasteiger partial charge in [0, 0.05) is 10.0 Å². The molecule has 2 rings (SSSR count). The molecule has 0 atom stereocenters. The lowest BCUT2D eigenvalue weighted by Gasteiger charge is -2.08. The summed E-state index contributed by atoms with van der Waals surface area (Å²) in [6, 6.07) is 12.4. The summed E-state index contributed by atoms with van der Waals surface area (Å²) in [6.07, 6.45) is 6.68. The van der Waals surface area contributed by atoms with Gasteiger partial charge in [0.25, 0.3) is 5.91 Å². The fourth-order valence-corrected chi connectivity index (χ4v) is 2.28. The van der Waals surface area contributed by atoms with Crippen LogP contribution in [0.1, 0.15) is 15.9 Å². The van der Waals surface area contributed by atoms with Crippen LogP contribution in [0.25, 0.3) is 0 Å². The fourth-order valence-electron chi connectivity index (χ4n) is 1.92. The number of hydrogen-bond acceptors (Lipinski definition) is 4. The zero-order valence-electron chi connectivity index (χ0n) is 13.0. The molecule has 6 heteroatoms. The SMILES string of the molecule is C#CCOc1ccccc1/C=N\NC(=O)c1cc(Br)ccc1OC. The predicted octanol–water partition coefficient (Wildman–Crippen LogP) is 3.23. The van der Waals surface area contributed by atoms with E-state index in [1.54, 1.807) is 30.3 Å². The topological polar surface area (TPSA) is 59.9 Å². The molecular weight excluding hydrogens is 372 g/mol. The van der Waals surface area contributed by atoms with Crippen molar-refractivity contribution in [2.75, 3.05) is 13.7 Å². The number of ether oxygens (including phenoxy) is 2. The van der Waals surface area contributed by atoms with Crippen molar-refractivity contribution >= 4 is 28.1 Å². The van der Waals surface area contributed by atoms with Gasteiger partial charge in [-0.05, 0) is 30.3 Å². The number of methoxy groups -OCH3 is 1. The van der Waals surface area contributed by atoms with Crippen LogP contribution in [-0.2, 0) is 0 Å². The van der Waals surface area contributed by atoms with Crippen LogP contribution >= 0.6 is 15.9 Å². The molecule has 0 spiro atoms. The minimum Gasteiger partial charge on any atom is -0.496 e. The predicted molar refractivity (Wildman–Crippen MR) is 96.5 cm³/mol. The van der Waals surface area contributed by atoms with E-state index in [0.717, 1.165) is 4.47 Å². The summed E-state index contributed by atoms with van der Waals surface area (Å²) in [4.78, 5) is 12.2. The maximum absolute atomic E-state index is 12.2. The van der Waals surface area contributed by atoms with Gasteiger partial charge in [-0.25, -0.2) is 5.43 Å². The largest absolute Gasteiger partial charge is 0.496 e. The average molecular weight is 387 g/mol. The quantitative estimate of drug-likeness (QED) is 0.470. The van der Waals surface area contributed by atoms with E-state index in [9.17, 15) is 4.79 Å². The smallest absolute Gasteiger partial charge is 0.275 e. The lowest BCUT2D eigenvalue weighted by Crippen LogP contribution is -2.18. The van der Waals surface area contributed by atoms with E-state index in [-0.39, 0.29) is 12.5 Å². The number of hydrazone groups is 1. The molecule has 0 aliphatic rings. The van der Waals surface area contributed by atoms with Gasteiger partial charge >= 0.3 is 0 Å². The Labute approximate surface area is 148 Å². The van der Waals surface area contributed by atoms with Gasteiger partial charge in [0.2, 0.25) is 0 Å². The van der Waals surface area contributed by atoms with Crippen LogP contribution in [0.3, 0.4) is 0 Å². The molecule has 0 fully saturated rings. The second-order valence-corrected chi connectivity index (χ2v) is 5.49. The lowest BCUT2D eigenvalue weighted by atomic mass is 10.2. The zero-order valence-corrected chi connectivity index (χ0v) is 14.5. The number of terminal acetylenes is 1. The van der Waals surface area contributed by atoms with E-state index in [2.05, 4.69) is 32.4 Å². The molecule has 24 heavy (non-hydrogen) atoms. The average Bonchev–Trinajstić information content (AvgIpc) is 2.60. The standard InChI is InChI=1S/C18H15BrN2O3/c1-3-10-24-16-7-5-4-6-13(16)12-20-21-18(22)15-11-14(19)8-9-17(15)23-2/h1,4-9,11-12H,10H2,2H3,(H,21,22)/b20-12-. The molecule has 2 aromatic rings. The highest BCUT2D eigenvalue weighted by molar-refractivity contribution is 9.10. The minimum atomic E-state index is -0.383. The highest BCUT2D eigenvalue weighted by atomic mass is 79.9. The highest BCUT2D eigenvalue weighted by Gasteiger charge is 2.12. The summed E-state index contributed by atoms with van der Waals surface area (Å²) in [5, 5.41) is 3.96. The van der Waals surface area contributed by atoms with E-state index in [1.165, 1.54) is 13.3 Å². The van der Waals surface area contributed by atoms with E-state index in [1.807, 2.05) is 12.1 Å². The van der Waals surface area contributed by atoms with Gasteiger partial charge in [0.15, 0.2) is 0 Å². The van der Waals surface area contributed by atoms with E-state index in [4.69, 9.17) is 15.9 Å². The molecule has 0 radical (unpaired) electrons. The third-order valence-corrected chi connectivity index (χ3v) is 3.50. The van der Waals surface area contributed by atoms with Gasteiger partial charge in [-0.1, -0.05) is 34.0 Å². The maximum Gasteiger partial charge on any atom is 0.275 e. The van der Waals surface area contributed by atoms with Gasteiger partial charge in [0.1, 0.15) is 18.1 Å². The van der Waals surface area contributed by atoms with Crippen molar-refractivity contribution < 1.29 is 14.3 Å². The van der Waals surface area contributed by atoms with Crippen molar-refractivity contribution in [1.82, 2.24) is 5.43 Å². The zero-order chi connectivity index (χ0) is 17.4. The number of nitrogens with one attached hydrogen (secondary N) is 1. The minimum absolute atomic E-state index is 0.159. The van der Waals surface area contributed by atoms with Crippen molar-refractivity contribution in [3.63, 3.8) is 0 Å². The van der Waals surface area contributed by atoms with Gasteiger partial charge in [0.05, 0.1) is 18.9 Å². The summed E-state index contributed by atoms with van der Waals surface area (Å²) in [7, 11) is 1.50. The molecule has 0 saturated heterocycles. The van der Waals surface area contributed by atoms with Gasteiger partial charge in [-0.3, -0.25) is 4.79 Å². The lowest BCUT2D eigenvalue weighted by molar-refractivity contribution is 0.0952. The van der Waals surface area contributed by atoms with Crippen molar-refractivity contribution in [3.8, 4) is 23.8 Å². The molecule has 0 aliphatic carbocycles. The van der Waals surface area contributed by atoms with Crippen molar-refractivity contribution in [2.24, 2.45) is 5.10 Å². The maximum atomic E-state index is 12.2. The number of carbonyl (C=O) groups excluding carboxylic acids is 1. The normalized spacial score (nSPS) is 10.2. The molecule has 0 unspecified atom stereocenters. The molecule has 1 amide bonds. The second kappa shape index (κ2) is 8.75. The Morgan fingerprint density at radius 2 is 2.12 bits per heavy atom. The first-order valence-electron chi connectivity index (χ1n) is 6.98. The summed E-state index contributed by atoms with van der Waals surface area (Å²) in [5.41, 5.74) is 3.55. The van der Waals surface area contributed by atoms with Crippen molar-refractivity contribution in [3.05, 3.63) is 58.1 Å². The van der Waals surface area contributed by atoms with Gasteiger partial charge < -0.3 is 9.47 Å². The molecule has 0 aromatic heterocycles. The number of nitrogens with zero attached hydrogens (tertiary/aromatic N) is 1. The van der Waals surface area contributed by atoms with Crippen LogP contribution in [0.15, 0.2) is 52.0 Å². The van der Waals surface area contributed by atoms with Crippen LogP contribution in [0, 0.1) is 12.3 Å². The Kier molecular flexibility index (Phi) is 6.41. The van der Waals surface area contributed by atoms with E-state index in [0.29, 0.717) is 22.6 Å². The molecule has 2 aromatic carbocycles. The van der Waals surface area contributed by atoms with E-state index < -0.39 is 0 Å². The number of rotatable bonds is 6. The third kappa shape index (κ3) is 4.61. The number of para-hydroxylation sites is 1. The second-order valence-electron chi connectivity index (χ2n) is 4.57. The molecular formula is C18H15BrN2O3. The Hall–Kier alpha value is -2.78. The van der Waals surface area contributed by atoms with Crippen LogP contribution < -0.4 is 14.9 Å². The highest BCUT2D eigenvalue weighted by Crippen LogP contribution is 2.22. The number of halogens is 1. The van der Waals surface area contributed by atoms with Gasteiger partial charge in [-0.15, -0.1) is 6.42 Å². The number of carbonyl (C=O) groups is 1. The van der Waals surface area contributed by atoms with Gasteiger partial charge in [-0.2, -0.15) is 5.10 Å². The molecule has 5 nitrogen and oxygen atoms in total. The molecule has 0 aliphatic heterocycles. The summed E-state index contributed by atoms with van der Waals surface area (Å²) < 4.78 is 11.4. The summed E-state index contributed by atoms with van der Waals surface area (Å²) in [5.74, 6) is 3.07. The van der Waals surface area contributed by atoms with Crippen molar-refractivity contribution in [1.29, 1.82) is 0 Å². The first kappa shape index (κ1) is 17.6. The Morgan fingerprint density at radius 1 is 1.33 bits per heavy atom. The molecule has 0 saturated carbocycles. The monoisotopic (exact) mass is 386 g/mol. The van der Waals surface area contributed by atoms with Crippen LogP contribution in [0.5, 0.6) is 11.5 Å². The van der Waals surface area contributed by atoms with E-state index >= 15 is 0 Å². The van der Waals surface area contributed by atoms with Crippen LogP contribution in [0.2, 0.25) is 0 Å². The van der Waals surface area contributed by atoms with Crippen LogP contribution in [-0.4, -0.2) is 25.8 Å². The molecule has 1 N–H and O–H groups in total. The fraction of sp³-hybridized carbons (Fsp3) is 0.111. The first-order valence-corrected chi connectivity index (χ1v) is 7.77. The Bertz CT molecular complexity index is 797.